The van der Waals surface area contributed by atoms with Crippen LogP contribution in [0, 0.1) is 16.0 Å². The summed E-state index contributed by atoms with van der Waals surface area (Å²) < 4.78 is 16.4. The highest BCUT2D eigenvalue weighted by Gasteiger charge is 2.44. The van der Waals surface area contributed by atoms with Crippen molar-refractivity contribution in [3.8, 4) is 0 Å². The van der Waals surface area contributed by atoms with Gasteiger partial charge in [0, 0.05) is 36.1 Å². The van der Waals surface area contributed by atoms with Gasteiger partial charge in [-0.2, -0.15) is 0 Å². The number of hydrogen-bond acceptors (Lipinski definition) is 8. The summed E-state index contributed by atoms with van der Waals surface area (Å²) in [6.07, 6.45) is -0.514. The van der Waals surface area contributed by atoms with Gasteiger partial charge in [-0.3, -0.25) is 19.9 Å². The number of hydrogen-bond donors (Lipinski definition) is 0. The van der Waals surface area contributed by atoms with E-state index in [1.54, 1.807) is 26.8 Å². The van der Waals surface area contributed by atoms with Crippen LogP contribution in [0.4, 0.5) is 5.69 Å². The number of esters is 2. The summed E-state index contributed by atoms with van der Waals surface area (Å²) in [4.78, 5) is 42.1. The van der Waals surface area contributed by atoms with Crippen molar-refractivity contribution < 1.29 is 28.7 Å². The van der Waals surface area contributed by atoms with Crippen LogP contribution in [-0.2, 0) is 23.8 Å². The molecule has 9 nitrogen and oxygen atoms in total. The molecule has 1 aliphatic heterocycles. The highest BCUT2D eigenvalue weighted by Crippen LogP contribution is 2.43. The van der Waals surface area contributed by atoms with Crippen LogP contribution in [0.2, 0.25) is 0 Å². The molecule has 184 valence electrons. The number of nitrogens with zero attached hydrogens (tertiary/aromatic N) is 2. The number of nitro groups is 1. The Balaban J connectivity index is 2.04. The molecule has 0 amide bonds. The van der Waals surface area contributed by atoms with Gasteiger partial charge in [-0.25, -0.2) is 4.79 Å². The predicted molar refractivity (Wildman–Crippen MR) is 129 cm³/mol. The molecule has 0 bridgehead atoms. The Bertz CT molecular complexity index is 1160. The van der Waals surface area contributed by atoms with Crippen LogP contribution in [0.25, 0.3) is 0 Å². The highest BCUT2D eigenvalue weighted by molar-refractivity contribution is 6.07. The number of allylic oxidation sites excluding steroid dienone is 1. The SMILES string of the molecule is CCOC(=O)C1C(C)=NC(C)=C(C(=O)OCC(OC)c2ccccc2)C1c1ccccc1[N+](=O)[O-]. The fourth-order valence-electron chi connectivity index (χ4n) is 4.29. The van der Waals surface area contributed by atoms with E-state index in [1.165, 1.54) is 25.3 Å². The van der Waals surface area contributed by atoms with Gasteiger partial charge < -0.3 is 14.2 Å². The summed E-state index contributed by atoms with van der Waals surface area (Å²) in [5.41, 5.74) is 1.63. The van der Waals surface area contributed by atoms with E-state index in [9.17, 15) is 19.7 Å². The average Bonchev–Trinajstić information content (AvgIpc) is 2.84. The molecule has 2 aromatic carbocycles. The van der Waals surface area contributed by atoms with Crippen LogP contribution in [0.1, 0.15) is 43.9 Å². The van der Waals surface area contributed by atoms with Crippen LogP contribution >= 0.6 is 0 Å². The molecule has 0 radical (unpaired) electrons. The molecule has 0 aliphatic carbocycles. The lowest BCUT2D eigenvalue weighted by molar-refractivity contribution is -0.385. The largest absolute Gasteiger partial charge is 0.465 e. The zero-order valence-electron chi connectivity index (χ0n) is 20.1. The minimum absolute atomic E-state index is 0.0749. The van der Waals surface area contributed by atoms with Crippen molar-refractivity contribution in [2.45, 2.75) is 32.8 Å². The van der Waals surface area contributed by atoms with Crippen molar-refractivity contribution >= 4 is 23.3 Å². The molecule has 3 atom stereocenters. The third kappa shape index (κ3) is 5.63. The lowest BCUT2D eigenvalue weighted by atomic mass is 9.75. The fourth-order valence-corrected chi connectivity index (χ4v) is 4.29. The van der Waals surface area contributed by atoms with Crippen LogP contribution < -0.4 is 0 Å². The van der Waals surface area contributed by atoms with Crippen molar-refractivity contribution in [3.63, 3.8) is 0 Å². The molecule has 0 saturated carbocycles. The topological polar surface area (TPSA) is 117 Å². The number of para-hydroxylation sites is 1. The normalized spacial score (nSPS) is 18.5. The predicted octanol–water partition coefficient (Wildman–Crippen LogP) is 4.54. The molecule has 9 heteroatoms. The number of methoxy groups -OCH3 is 1. The van der Waals surface area contributed by atoms with Gasteiger partial charge in [-0.15, -0.1) is 0 Å². The molecule has 3 rings (SSSR count). The third-order valence-corrected chi connectivity index (χ3v) is 5.88. The molecule has 0 aromatic heterocycles. The summed E-state index contributed by atoms with van der Waals surface area (Å²) >= 11 is 0. The number of aliphatic imine (C=N–C) groups is 1. The summed E-state index contributed by atoms with van der Waals surface area (Å²) in [6.45, 7) is 4.95. The molecular formula is C26H28N2O7. The lowest BCUT2D eigenvalue weighted by Gasteiger charge is -2.31. The van der Waals surface area contributed by atoms with Gasteiger partial charge in [0.15, 0.2) is 0 Å². The third-order valence-electron chi connectivity index (χ3n) is 5.88. The van der Waals surface area contributed by atoms with Gasteiger partial charge in [0.2, 0.25) is 0 Å². The second-order valence-electron chi connectivity index (χ2n) is 8.01. The second-order valence-corrected chi connectivity index (χ2v) is 8.01. The Labute approximate surface area is 203 Å². The van der Waals surface area contributed by atoms with Crippen LogP contribution in [0.15, 0.2) is 70.9 Å². The number of carbonyl (C=O) groups excluding carboxylic acids is 2. The van der Waals surface area contributed by atoms with E-state index >= 15 is 0 Å². The molecule has 1 aliphatic rings. The number of carbonyl (C=O) groups is 2. The molecule has 0 N–H and O–H groups in total. The first-order valence-corrected chi connectivity index (χ1v) is 11.2. The fraction of sp³-hybridized carbons (Fsp3) is 0.346. The first-order chi connectivity index (χ1) is 16.8. The molecule has 35 heavy (non-hydrogen) atoms. The van der Waals surface area contributed by atoms with Crippen LogP contribution in [0.3, 0.4) is 0 Å². The Morgan fingerprint density at radius 2 is 1.71 bits per heavy atom. The minimum Gasteiger partial charge on any atom is -0.465 e. The maximum Gasteiger partial charge on any atom is 0.336 e. The van der Waals surface area contributed by atoms with Crippen molar-refractivity contribution in [2.75, 3.05) is 20.3 Å². The number of rotatable bonds is 9. The summed E-state index contributed by atoms with van der Waals surface area (Å²) in [5.74, 6) is -3.36. The Kier molecular flexibility index (Phi) is 8.48. The molecule has 0 fully saturated rings. The zero-order valence-corrected chi connectivity index (χ0v) is 20.1. The van der Waals surface area contributed by atoms with E-state index in [4.69, 9.17) is 14.2 Å². The summed E-state index contributed by atoms with van der Waals surface area (Å²) in [7, 11) is 1.51. The molecular weight excluding hydrogens is 452 g/mol. The zero-order chi connectivity index (χ0) is 25.5. The summed E-state index contributed by atoms with van der Waals surface area (Å²) in [6, 6.07) is 15.3. The smallest absolute Gasteiger partial charge is 0.336 e. The van der Waals surface area contributed by atoms with E-state index < -0.39 is 34.8 Å². The van der Waals surface area contributed by atoms with Crippen molar-refractivity contribution in [1.82, 2.24) is 0 Å². The van der Waals surface area contributed by atoms with Crippen molar-refractivity contribution in [1.29, 1.82) is 0 Å². The minimum atomic E-state index is -1.02. The molecule has 2 aromatic rings. The van der Waals surface area contributed by atoms with E-state index in [-0.39, 0.29) is 30.0 Å². The average molecular weight is 481 g/mol. The maximum absolute atomic E-state index is 13.4. The first kappa shape index (κ1) is 25.8. The van der Waals surface area contributed by atoms with Crippen LogP contribution in [-0.4, -0.2) is 42.9 Å². The van der Waals surface area contributed by atoms with E-state index in [0.717, 1.165) is 5.56 Å². The van der Waals surface area contributed by atoms with E-state index in [0.29, 0.717) is 11.4 Å². The number of ether oxygens (including phenoxy) is 3. The van der Waals surface area contributed by atoms with Crippen molar-refractivity contribution in [3.05, 3.63) is 87.1 Å². The number of nitro benzene ring substituents is 1. The molecule has 0 spiro atoms. The molecule has 3 unspecified atom stereocenters. The first-order valence-electron chi connectivity index (χ1n) is 11.2. The standard InChI is InChI=1S/C26H28N2O7/c1-5-34-25(29)22-16(2)27-17(3)23(24(22)19-13-9-10-14-20(19)28(31)32)26(30)35-15-21(33-4)18-11-7-6-8-12-18/h6-14,21-22,24H,5,15H2,1-4H3. The van der Waals surface area contributed by atoms with Crippen LogP contribution in [0.5, 0.6) is 0 Å². The van der Waals surface area contributed by atoms with E-state index in [2.05, 4.69) is 4.99 Å². The van der Waals surface area contributed by atoms with Gasteiger partial charge in [-0.1, -0.05) is 48.5 Å². The van der Waals surface area contributed by atoms with Gasteiger partial charge in [0.1, 0.15) is 18.6 Å². The Hall–Kier alpha value is -3.85. The second kappa shape index (κ2) is 11.5. The number of benzene rings is 2. The highest BCUT2D eigenvalue weighted by atomic mass is 16.6. The van der Waals surface area contributed by atoms with Gasteiger partial charge in [-0.05, 0) is 26.3 Å². The van der Waals surface area contributed by atoms with Crippen molar-refractivity contribution in [2.24, 2.45) is 10.9 Å². The van der Waals surface area contributed by atoms with Gasteiger partial charge >= 0.3 is 11.9 Å². The Morgan fingerprint density at radius 1 is 1.06 bits per heavy atom. The Morgan fingerprint density at radius 3 is 2.34 bits per heavy atom. The van der Waals surface area contributed by atoms with E-state index in [1.807, 2.05) is 30.3 Å². The molecule has 0 saturated heterocycles. The maximum atomic E-state index is 13.4. The quantitative estimate of drug-likeness (QED) is 0.294. The molecule has 1 heterocycles. The summed E-state index contributed by atoms with van der Waals surface area (Å²) in [5, 5.41) is 11.8. The lowest BCUT2D eigenvalue weighted by Crippen LogP contribution is -2.37. The monoisotopic (exact) mass is 480 g/mol. The van der Waals surface area contributed by atoms with Gasteiger partial charge in [0.05, 0.1) is 17.1 Å². The van der Waals surface area contributed by atoms with Gasteiger partial charge in [0.25, 0.3) is 5.69 Å².